The maximum Gasteiger partial charge on any atom is 0.323 e. The minimum atomic E-state index is -0.317. The highest BCUT2D eigenvalue weighted by molar-refractivity contribution is 6.01. The topological polar surface area (TPSA) is 79.6 Å². The summed E-state index contributed by atoms with van der Waals surface area (Å²) in [6.45, 7) is 5.28. The van der Waals surface area contributed by atoms with Crippen LogP contribution in [-0.4, -0.2) is 31.2 Å². The van der Waals surface area contributed by atoms with E-state index >= 15 is 0 Å². The highest BCUT2D eigenvalue weighted by Gasteiger charge is 2.16. The molecule has 0 bridgehead atoms. The number of urea groups is 1. The Labute approximate surface area is 163 Å². The average molecular weight is 378 g/mol. The maximum absolute atomic E-state index is 12.5. The Balaban J connectivity index is 1.50. The van der Waals surface area contributed by atoms with Crippen LogP contribution in [0.15, 0.2) is 47.1 Å². The first-order valence-electron chi connectivity index (χ1n) is 9.09. The SMILES string of the molecule is Cc1coc(-c2ccc(C)c(NC(=O)Nc3ccc4c(c3)N(C)CCO4)c2)n1. The number of ether oxygens (including phenoxy) is 1. The Kier molecular flexibility index (Phi) is 4.65. The molecule has 1 aromatic heterocycles. The van der Waals surface area contributed by atoms with E-state index in [2.05, 4.69) is 20.5 Å². The van der Waals surface area contributed by atoms with Crippen LogP contribution in [0.25, 0.3) is 11.5 Å². The van der Waals surface area contributed by atoms with Gasteiger partial charge in [-0.1, -0.05) is 6.07 Å². The highest BCUT2D eigenvalue weighted by atomic mass is 16.5. The molecule has 1 aliphatic rings. The van der Waals surface area contributed by atoms with Gasteiger partial charge < -0.3 is 24.7 Å². The summed E-state index contributed by atoms with van der Waals surface area (Å²) in [5, 5.41) is 5.78. The lowest BCUT2D eigenvalue weighted by Crippen LogP contribution is -2.29. The van der Waals surface area contributed by atoms with Gasteiger partial charge in [-0.15, -0.1) is 0 Å². The first kappa shape index (κ1) is 17.9. The monoisotopic (exact) mass is 378 g/mol. The predicted molar refractivity (Wildman–Crippen MR) is 109 cm³/mol. The second kappa shape index (κ2) is 7.26. The molecule has 0 spiro atoms. The lowest BCUT2D eigenvalue weighted by Gasteiger charge is -2.28. The molecule has 0 fully saturated rings. The van der Waals surface area contributed by atoms with Crippen molar-refractivity contribution in [3.8, 4) is 17.2 Å². The third-order valence-electron chi connectivity index (χ3n) is 4.66. The van der Waals surface area contributed by atoms with Crippen molar-refractivity contribution in [1.29, 1.82) is 0 Å². The molecule has 2 heterocycles. The van der Waals surface area contributed by atoms with Gasteiger partial charge in [0.2, 0.25) is 5.89 Å². The number of carbonyl (C=O) groups is 1. The van der Waals surface area contributed by atoms with Gasteiger partial charge in [0.05, 0.1) is 17.9 Å². The van der Waals surface area contributed by atoms with Gasteiger partial charge in [-0.25, -0.2) is 9.78 Å². The van der Waals surface area contributed by atoms with E-state index < -0.39 is 0 Å². The summed E-state index contributed by atoms with van der Waals surface area (Å²) < 4.78 is 11.1. The zero-order chi connectivity index (χ0) is 19.7. The smallest absolute Gasteiger partial charge is 0.323 e. The van der Waals surface area contributed by atoms with Gasteiger partial charge in [0, 0.05) is 24.0 Å². The van der Waals surface area contributed by atoms with Crippen molar-refractivity contribution in [3.63, 3.8) is 0 Å². The van der Waals surface area contributed by atoms with Gasteiger partial charge in [-0.05, 0) is 49.7 Å². The third-order valence-corrected chi connectivity index (χ3v) is 4.66. The number of nitrogens with zero attached hydrogens (tertiary/aromatic N) is 2. The normalized spacial score (nSPS) is 12.9. The van der Waals surface area contributed by atoms with Crippen LogP contribution < -0.4 is 20.3 Å². The minimum Gasteiger partial charge on any atom is -0.490 e. The van der Waals surface area contributed by atoms with Gasteiger partial charge >= 0.3 is 6.03 Å². The van der Waals surface area contributed by atoms with E-state index in [4.69, 9.17) is 9.15 Å². The second-order valence-corrected chi connectivity index (χ2v) is 6.86. The van der Waals surface area contributed by atoms with Crippen LogP contribution in [0, 0.1) is 13.8 Å². The molecule has 7 nitrogen and oxygen atoms in total. The Morgan fingerprint density at radius 2 is 2.00 bits per heavy atom. The number of hydrogen-bond acceptors (Lipinski definition) is 5. The van der Waals surface area contributed by atoms with Crippen molar-refractivity contribution in [2.45, 2.75) is 13.8 Å². The molecule has 3 aromatic rings. The fourth-order valence-electron chi connectivity index (χ4n) is 3.09. The van der Waals surface area contributed by atoms with Gasteiger partial charge in [0.15, 0.2) is 0 Å². The van der Waals surface area contributed by atoms with Gasteiger partial charge in [-0.2, -0.15) is 0 Å². The second-order valence-electron chi connectivity index (χ2n) is 6.86. The number of likely N-dealkylation sites (N-methyl/N-ethyl adjacent to an activating group) is 1. The molecular weight excluding hydrogens is 356 g/mol. The van der Waals surface area contributed by atoms with Crippen molar-refractivity contribution in [2.24, 2.45) is 0 Å². The van der Waals surface area contributed by atoms with Crippen molar-refractivity contribution < 1.29 is 13.9 Å². The lowest BCUT2D eigenvalue weighted by atomic mass is 10.1. The van der Waals surface area contributed by atoms with Crippen molar-refractivity contribution in [2.75, 3.05) is 35.7 Å². The molecule has 4 rings (SSSR count). The van der Waals surface area contributed by atoms with E-state index in [9.17, 15) is 4.79 Å². The molecule has 2 amide bonds. The summed E-state index contributed by atoms with van der Waals surface area (Å²) in [6, 6.07) is 11.0. The molecule has 2 aromatic carbocycles. The summed E-state index contributed by atoms with van der Waals surface area (Å²) in [7, 11) is 2.00. The molecule has 144 valence electrons. The highest BCUT2D eigenvalue weighted by Crippen LogP contribution is 2.33. The first-order valence-corrected chi connectivity index (χ1v) is 9.09. The fourth-order valence-corrected chi connectivity index (χ4v) is 3.09. The quantitative estimate of drug-likeness (QED) is 0.705. The fraction of sp³-hybridized carbons (Fsp3) is 0.238. The number of aromatic nitrogens is 1. The van der Waals surface area contributed by atoms with Crippen LogP contribution in [0.4, 0.5) is 21.9 Å². The number of rotatable bonds is 3. The minimum absolute atomic E-state index is 0.317. The number of benzene rings is 2. The Morgan fingerprint density at radius 3 is 2.79 bits per heavy atom. The maximum atomic E-state index is 12.5. The van der Waals surface area contributed by atoms with Crippen LogP contribution in [0.5, 0.6) is 5.75 Å². The number of fused-ring (bicyclic) bond motifs is 1. The van der Waals surface area contributed by atoms with E-state index in [0.717, 1.165) is 34.8 Å². The summed E-state index contributed by atoms with van der Waals surface area (Å²) in [5.41, 5.74) is 4.92. The van der Waals surface area contributed by atoms with Crippen LogP contribution in [-0.2, 0) is 0 Å². The van der Waals surface area contributed by atoms with E-state index in [1.54, 1.807) is 6.26 Å². The van der Waals surface area contributed by atoms with Crippen LogP contribution in [0.2, 0.25) is 0 Å². The number of anilines is 3. The van der Waals surface area contributed by atoms with Crippen molar-refractivity contribution in [1.82, 2.24) is 4.98 Å². The molecule has 0 saturated carbocycles. The molecule has 0 aliphatic carbocycles. The molecule has 1 aliphatic heterocycles. The predicted octanol–water partition coefficient (Wildman–Crippen LogP) is 4.43. The van der Waals surface area contributed by atoms with E-state index in [1.165, 1.54) is 0 Å². The van der Waals surface area contributed by atoms with Gasteiger partial charge in [0.1, 0.15) is 18.6 Å². The third kappa shape index (κ3) is 3.64. The summed E-state index contributed by atoms with van der Waals surface area (Å²) in [5.74, 6) is 1.35. The Bertz CT molecular complexity index is 1030. The average Bonchev–Trinajstić information content (AvgIpc) is 3.10. The number of aryl methyl sites for hydroxylation is 2. The summed E-state index contributed by atoms with van der Waals surface area (Å²) >= 11 is 0. The number of oxazole rings is 1. The molecule has 7 heteroatoms. The molecule has 0 radical (unpaired) electrons. The number of hydrogen-bond donors (Lipinski definition) is 2. The number of amides is 2. The van der Waals surface area contributed by atoms with Crippen LogP contribution >= 0.6 is 0 Å². The molecule has 28 heavy (non-hydrogen) atoms. The summed E-state index contributed by atoms with van der Waals surface area (Å²) in [6.07, 6.45) is 1.60. The van der Waals surface area contributed by atoms with Gasteiger partial charge in [0.25, 0.3) is 0 Å². The van der Waals surface area contributed by atoms with Crippen molar-refractivity contribution in [3.05, 3.63) is 53.9 Å². The van der Waals surface area contributed by atoms with Crippen LogP contribution in [0.3, 0.4) is 0 Å². The standard InChI is InChI=1S/C21H22N4O3/c1-13-4-5-15(20-22-14(2)12-28-20)10-17(13)24-21(26)23-16-6-7-19-18(11-16)25(3)8-9-27-19/h4-7,10-12H,8-9H2,1-3H3,(H2,23,24,26). The molecule has 0 unspecified atom stereocenters. The Morgan fingerprint density at radius 1 is 1.14 bits per heavy atom. The first-order chi connectivity index (χ1) is 13.5. The number of nitrogens with one attached hydrogen (secondary N) is 2. The molecule has 2 N–H and O–H groups in total. The van der Waals surface area contributed by atoms with E-state index in [0.29, 0.717) is 23.9 Å². The molecule has 0 saturated heterocycles. The van der Waals surface area contributed by atoms with E-state index in [1.807, 2.05) is 57.3 Å². The van der Waals surface area contributed by atoms with Gasteiger partial charge in [-0.3, -0.25) is 0 Å². The zero-order valence-corrected chi connectivity index (χ0v) is 16.1. The lowest BCUT2D eigenvalue weighted by molar-refractivity contribution is 0.262. The molecular formula is C21H22N4O3. The Hall–Kier alpha value is -3.48. The zero-order valence-electron chi connectivity index (χ0n) is 16.1. The molecule has 0 atom stereocenters. The largest absolute Gasteiger partial charge is 0.490 e. The number of carbonyl (C=O) groups excluding carboxylic acids is 1. The van der Waals surface area contributed by atoms with Crippen LogP contribution in [0.1, 0.15) is 11.3 Å². The summed E-state index contributed by atoms with van der Waals surface area (Å²) in [4.78, 5) is 19.0. The van der Waals surface area contributed by atoms with E-state index in [-0.39, 0.29) is 6.03 Å². The van der Waals surface area contributed by atoms with Crippen molar-refractivity contribution >= 4 is 23.1 Å².